The van der Waals surface area contributed by atoms with Crippen LogP contribution in [0.1, 0.15) is 16.0 Å². The van der Waals surface area contributed by atoms with Crippen LogP contribution in [0.15, 0.2) is 40.9 Å². The van der Waals surface area contributed by atoms with Gasteiger partial charge in [0.15, 0.2) is 0 Å². The molecular formula is C15H12Br2Cl2O. The highest BCUT2D eigenvalue weighted by Crippen LogP contribution is 2.40. The third kappa shape index (κ3) is 3.91. The summed E-state index contributed by atoms with van der Waals surface area (Å²) in [5.74, 6) is 0.790. The minimum Gasteiger partial charge on any atom is -0.495 e. The quantitative estimate of drug-likeness (QED) is 0.499. The van der Waals surface area contributed by atoms with Crippen LogP contribution in [0.3, 0.4) is 0 Å². The van der Waals surface area contributed by atoms with Crippen LogP contribution in [-0.4, -0.2) is 7.11 Å². The molecule has 2 aromatic rings. The maximum absolute atomic E-state index is 6.12. The number of ether oxygens (including phenoxy) is 1. The number of hydrogen-bond acceptors (Lipinski definition) is 1. The van der Waals surface area contributed by atoms with Gasteiger partial charge in [0.25, 0.3) is 0 Å². The molecule has 0 aliphatic carbocycles. The van der Waals surface area contributed by atoms with Crippen molar-refractivity contribution in [2.45, 2.75) is 11.2 Å². The van der Waals surface area contributed by atoms with Crippen molar-refractivity contribution in [1.82, 2.24) is 0 Å². The van der Waals surface area contributed by atoms with Gasteiger partial charge >= 0.3 is 0 Å². The molecule has 106 valence electrons. The molecule has 0 bridgehead atoms. The van der Waals surface area contributed by atoms with Crippen molar-refractivity contribution in [3.63, 3.8) is 0 Å². The molecule has 20 heavy (non-hydrogen) atoms. The summed E-state index contributed by atoms with van der Waals surface area (Å²) >= 11 is 19.3. The van der Waals surface area contributed by atoms with Gasteiger partial charge in [-0.05, 0) is 52.2 Å². The Morgan fingerprint density at radius 1 is 1.15 bits per heavy atom. The first-order valence-electron chi connectivity index (χ1n) is 5.92. The molecule has 0 amide bonds. The molecule has 2 rings (SSSR count). The normalized spacial score (nSPS) is 12.2. The number of rotatable bonds is 4. The zero-order chi connectivity index (χ0) is 14.7. The van der Waals surface area contributed by atoms with Crippen molar-refractivity contribution in [2.75, 3.05) is 7.11 Å². The van der Waals surface area contributed by atoms with E-state index in [1.165, 1.54) is 0 Å². The van der Waals surface area contributed by atoms with Crippen molar-refractivity contribution in [1.29, 1.82) is 0 Å². The predicted octanol–water partition coefficient (Wildman–Crippen LogP) is 6.44. The van der Waals surface area contributed by atoms with Crippen LogP contribution >= 0.6 is 55.1 Å². The lowest BCUT2D eigenvalue weighted by molar-refractivity contribution is 0.407. The van der Waals surface area contributed by atoms with E-state index >= 15 is 0 Å². The monoisotopic (exact) mass is 436 g/mol. The summed E-state index contributed by atoms with van der Waals surface area (Å²) in [5, 5.41) is 1.41. The lowest BCUT2D eigenvalue weighted by Gasteiger charge is -2.16. The molecule has 1 nitrogen and oxygen atoms in total. The summed E-state index contributed by atoms with van der Waals surface area (Å²) in [6.45, 7) is 0. The Balaban J connectivity index is 2.31. The second kappa shape index (κ2) is 7.17. The fourth-order valence-electron chi connectivity index (χ4n) is 2.01. The van der Waals surface area contributed by atoms with Crippen LogP contribution in [0, 0.1) is 0 Å². The van der Waals surface area contributed by atoms with E-state index in [-0.39, 0.29) is 4.83 Å². The maximum Gasteiger partial charge on any atom is 0.137 e. The number of benzene rings is 2. The third-order valence-corrected chi connectivity index (χ3v) is 4.74. The zero-order valence-electron chi connectivity index (χ0n) is 10.7. The van der Waals surface area contributed by atoms with Crippen molar-refractivity contribution < 1.29 is 4.74 Å². The largest absolute Gasteiger partial charge is 0.495 e. The first-order chi connectivity index (χ1) is 9.51. The van der Waals surface area contributed by atoms with Gasteiger partial charge in [-0.1, -0.05) is 51.3 Å². The van der Waals surface area contributed by atoms with E-state index in [1.807, 2.05) is 36.4 Å². The van der Waals surface area contributed by atoms with Crippen LogP contribution in [-0.2, 0) is 6.42 Å². The van der Waals surface area contributed by atoms with Crippen LogP contribution in [0.25, 0.3) is 0 Å². The van der Waals surface area contributed by atoms with E-state index in [0.29, 0.717) is 5.02 Å². The fourth-order valence-corrected chi connectivity index (χ4v) is 3.93. The van der Waals surface area contributed by atoms with E-state index in [1.54, 1.807) is 7.11 Å². The third-order valence-electron chi connectivity index (χ3n) is 2.88. The predicted molar refractivity (Wildman–Crippen MR) is 92.5 cm³/mol. The van der Waals surface area contributed by atoms with Gasteiger partial charge in [-0.15, -0.1) is 0 Å². The van der Waals surface area contributed by atoms with Crippen molar-refractivity contribution in [3.8, 4) is 5.75 Å². The molecule has 0 aliphatic rings. The highest BCUT2D eigenvalue weighted by Gasteiger charge is 2.17. The summed E-state index contributed by atoms with van der Waals surface area (Å²) in [7, 11) is 1.65. The average Bonchev–Trinajstić information content (AvgIpc) is 2.37. The minimum atomic E-state index is 0.0888. The van der Waals surface area contributed by atoms with Gasteiger partial charge < -0.3 is 4.74 Å². The Kier molecular flexibility index (Phi) is 5.79. The molecule has 2 aromatic carbocycles. The summed E-state index contributed by atoms with van der Waals surface area (Å²) in [5.41, 5.74) is 2.16. The molecule has 1 atom stereocenters. The molecule has 0 aliphatic heterocycles. The van der Waals surface area contributed by atoms with E-state index in [4.69, 9.17) is 27.9 Å². The maximum atomic E-state index is 6.12. The van der Waals surface area contributed by atoms with Gasteiger partial charge in [-0.2, -0.15) is 0 Å². The van der Waals surface area contributed by atoms with E-state index < -0.39 is 0 Å². The van der Waals surface area contributed by atoms with Crippen LogP contribution in [0.2, 0.25) is 10.0 Å². The lowest BCUT2D eigenvalue weighted by atomic mass is 10.0. The molecule has 0 saturated carbocycles. The summed E-state index contributed by atoms with van der Waals surface area (Å²) in [6.07, 6.45) is 0.795. The fraction of sp³-hybridized carbons (Fsp3) is 0.200. The average molecular weight is 439 g/mol. The number of alkyl halides is 1. The van der Waals surface area contributed by atoms with E-state index in [2.05, 4.69) is 31.9 Å². The highest BCUT2D eigenvalue weighted by atomic mass is 79.9. The van der Waals surface area contributed by atoms with Gasteiger partial charge in [0, 0.05) is 20.4 Å². The van der Waals surface area contributed by atoms with Gasteiger partial charge in [0.05, 0.1) is 11.6 Å². The molecule has 0 radical (unpaired) electrons. The standard InChI is InChI=1S/C15H12Br2Cl2O/c1-20-15-12(7-11(19)8-14(15)17)13(16)6-9-3-2-4-10(18)5-9/h2-5,7-8,13H,6H2,1H3. The van der Waals surface area contributed by atoms with E-state index in [9.17, 15) is 0 Å². The Labute approximate surface area is 145 Å². The van der Waals surface area contributed by atoms with Crippen LogP contribution < -0.4 is 4.74 Å². The topological polar surface area (TPSA) is 9.23 Å². The molecule has 5 heteroatoms. The Hall–Kier alpha value is -0.220. The second-order valence-corrected chi connectivity index (χ2v) is 7.14. The molecule has 0 saturated heterocycles. The van der Waals surface area contributed by atoms with Crippen LogP contribution in [0.4, 0.5) is 0 Å². The summed E-state index contributed by atoms with van der Waals surface area (Å²) < 4.78 is 6.30. The molecule has 0 aromatic heterocycles. The first-order valence-corrected chi connectivity index (χ1v) is 8.39. The molecule has 0 heterocycles. The highest BCUT2D eigenvalue weighted by molar-refractivity contribution is 9.10. The zero-order valence-corrected chi connectivity index (χ0v) is 15.4. The van der Waals surface area contributed by atoms with Crippen molar-refractivity contribution in [3.05, 3.63) is 62.0 Å². The SMILES string of the molecule is COc1c(Br)cc(Cl)cc1C(Br)Cc1cccc(Cl)c1. The Bertz CT molecular complexity index is 617. The Morgan fingerprint density at radius 2 is 1.90 bits per heavy atom. The molecule has 0 spiro atoms. The molecule has 1 unspecified atom stereocenters. The first kappa shape index (κ1) is 16.2. The van der Waals surface area contributed by atoms with Crippen molar-refractivity contribution >= 4 is 55.1 Å². The minimum absolute atomic E-state index is 0.0888. The Morgan fingerprint density at radius 3 is 2.55 bits per heavy atom. The molecular weight excluding hydrogens is 427 g/mol. The molecule has 0 N–H and O–H groups in total. The summed E-state index contributed by atoms with van der Waals surface area (Å²) in [6, 6.07) is 11.6. The van der Waals surface area contributed by atoms with Gasteiger partial charge in [0.1, 0.15) is 5.75 Å². The number of hydrogen-bond donors (Lipinski definition) is 0. The van der Waals surface area contributed by atoms with Gasteiger partial charge in [-0.3, -0.25) is 0 Å². The number of halogens is 4. The van der Waals surface area contributed by atoms with Crippen molar-refractivity contribution in [2.24, 2.45) is 0 Å². The van der Waals surface area contributed by atoms with E-state index in [0.717, 1.165) is 32.8 Å². The van der Waals surface area contributed by atoms with Crippen LogP contribution in [0.5, 0.6) is 5.75 Å². The smallest absolute Gasteiger partial charge is 0.137 e. The van der Waals surface area contributed by atoms with Gasteiger partial charge in [0.2, 0.25) is 0 Å². The number of methoxy groups -OCH3 is 1. The lowest BCUT2D eigenvalue weighted by Crippen LogP contribution is -2.00. The second-order valence-electron chi connectivity index (χ2n) is 4.31. The van der Waals surface area contributed by atoms with Gasteiger partial charge in [-0.25, -0.2) is 0 Å². The summed E-state index contributed by atoms with van der Waals surface area (Å²) in [4.78, 5) is 0.0888. The molecule has 0 fully saturated rings.